The number of ether oxygens (including phenoxy) is 4. The van der Waals surface area contributed by atoms with Gasteiger partial charge in [0, 0.05) is 59.7 Å². The number of hydrogen-bond acceptors (Lipinski definition) is 16. The molecule has 4 N–H and O–H groups in total. The molecule has 20 heteroatoms. The number of unbranched alkanes of at least 4 members (excludes halogenated alkanes) is 2. The van der Waals surface area contributed by atoms with Gasteiger partial charge in [-0.05, 0) is 84.4 Å². The van der Waals surface area contributed by atoms with Crippen LogP contribution in [0.4, 0.5) is 21.0 Å². The Morgan fingerprint density at radius 3 is 1.26 bits per heavy atom. The lowest BCUT2D eigenvalue weighted by atomic mass is 9.70. The zero-order chi connectivity index (χ0) is 58.9. The molecule has 2 aliphatic heterocycles. The van der Waals surface area contributed by atoms with Crippen LogP contribution in [0.5, 0.6) is 0 Å². The lowest BCUT2D eigenvalue weighted by Crippen LogP contribution is -2.67. The van der Waals surface area contributed by atoms with Crippen molar-refractivity contribution in [1.82, 2.24) is 20.8 Å². The molecule has 442 valence electrons. The Labute approximate surface area is 464 Å². The molecule has 0 saturated carbocycles. The van der Waals surface area contributed by atoms with Gasteiger partial charge >= 0.3 is 24.1 Å². The van der Waals surface area contributed by atoms with Gasteiger partial charge in [0.25, 0.3) is 0 Å². The number of esters is 2. The van der Waals surface area contributed by atoms with Crippen LogP contribution in [0.1, 0.15) is 188 Å². The second kappa shape index (κ2) is 29.3. The highest BCUT2D eigenvalue weighted by Crippen LogP contribution is 2.47. The number of carbonyl (C=O) groups excluding carboxylic acids is 8. The zero-order valence-corrected chi connectivity index (χ0v) is 50.0. The van der Waals surface area contributed by atoms with Crippen LogP contribution in [0.3, 0.4) is 0 Å². The number of hydrogen-bond donors (Lipinski definition) is 4. The van der Waals surface area contributed by atoms with E-state index in [-0.39, 0.29) is 88.6 Å². The summed E-state index contributed by atoms with van der Waals surface area (Å²) >= 11 is 0. The summed E-state index contributed by atoms with van der Waals surface area (Å²) in [6, 6.07) is 6.24. The summed E-state index contributed by atoms with van der Waals surface area (Å²) in [5.74, 6) is -2.46. The van der Waals surface area contributed by atoms with Crippen molar-refractivity contribution in [3.05, 3.63) is 24.3 Å². The molecular weight excluding hydrogens is 1000 g/mol. The summed E-state index contributed by atoms with van der Waals surface area (Å²) in [7, 11) is 0. The van der Waals surface area contributed by atoms with Crippen molar-refractivity contribution in [3.63, 3.8) is 0 Å². The summed E-state index contributed by atoms with van der Waals surface area (Å²) < 4.78 is 22.0. The summed E-state index contributed by atoms with van der Waals surface area (Å²) in [5.41, 5.74) is -4.53. The average molecular weight is 1100 g/mol. The summed E-state index contributed by atoms with van der Waals surface area (Å²) in [4.78, 5) is 120. The van der Waals surface area contributed by atoms with Crippen molar-refractivity contribution in [2.45, 2.75) is 222 Å². The molecule has 0 aromatic heterocycles. The zero-order valence-electron chi connectivity index (χ0n) is 50.0. The SMILES string of the molecule is CCCCOC(=O)C(CC(C)(C)C(=O)NCCOC(=O)Nc1cccc(NC(=O)OCCNC(=O)C(C)(C)C[C@@H](ON2C(C)(CC)CC(=O)C(C)C2(C)CC)C(=O)OCCCC)c1)ON1C(C)(CC)CC(=O)C(C)C1(C)CC. The Morgan fingerprint density at radius 2 is 0.936 bits per heavy atom. The third kappa shape index (κ3) is 17.4. The molecule has 2 heterocycles. The Hall–Kier alpha value is -5.18. The number of benzene rings is 1. The van der Waals surface area contributed by atoms with E-state index < -0.39 is 81.1 Å². The Balaban J connectivity index is 1.54. The first-order chi connectivity index (χ1) is 36.5. The molecule has 8 atom stereocenters. The maximum absolute atomic E-state index is 13.7. The molecule has 0 radical (unpaired) electrons. The molecule has 0 spiro atoms. The first kappa shape index (κ1) is 67.1. The van der Waals surface area contributed by atoms with Crippen LogP contribution in [0, 0.1) is 22.7 Å². The molecule has 1 aromatic carbocycles. The minimum Gasteiger partial charge on any atom is -0.464 e. The van der Waals surface area contributed by atoms with Crippen LogP contribution in [0.15, 0.2) is 24.3 Å². The quantitative estimate of drug-likeness (QED) is 0.0318. The monoisotopic (exact) mass is 1100 g/mol. The largest absolute Gasteiger partial charge is 0.464 e. The maximum Gasteiger partial charge on any atom is 0.411 e. The number of nitrogens with one attached hydrogen (secondary N) is 4. The van der Waals surface area contributed by atoms with E-state index in [1.54, 1.807) is 45.9 Å². The topological polar surface area (TPSA) is 247 Å². The Bertz CT molecular complexity index is 2080. The van der Waals surface area contributed by atoms with Gasteiger partial charge in [-0.3, -0.25) is 39.5 Å². The molecule has 7 unspecified atom stereocenters. The van der Waals surface area contributed by atoms with Crippen LogP contribution in [-0.2, 0) is 57.4 Å². The molecule has 1 aromatic rings. The predicted octanol–water partition coefficient (Wildman–Crippen LogP) is 9.63. The number of rotatable bonds is 30. The predicted molar refractivity (Wildman–Crippen MR) is 297 cm³/mol. The highest BCUT2D eigenvalue weighted by Gasteiger charge is 2.57. The van der Waals surface area contributed by atoms with Gasteiger partial charge in [0.05, 0.1) is 48.5 Å². The minimum absolute atomic E-state index is 0.0316. The van der Waals surface area contributed by atoms with Crippen LogP contribution in [0.2, 0.25) is 0 Å². The molecule has 0 bridgehead atoms. The normalized spacial score (nSPS) is 24.8. The third-order valence-corrected chi connectivity index (χ3v) is 16.5. The molecule has 20 nitrogen and oxygen atoms in total. The van der Waals surface area contributed by atoms with Crippen molar-refractivity contribution in [2.75, 3.05) is 50.2 Å². The smallest absolute Gasteiger partial charge is 0.411 e. The average Bonchev–Trinajstić information content (AvgIpc) is 3.51. The van der Waals surface area contributed by atoms with Crippen LogP contribution in [0.25, 0.3) is 0 Å². The van der Waals surface area contributed by atoms with E-state index in [1.807, 2.05) is 93.2 Å². The second-order valence-electron chi connectivity index (χ2n) is 23.5. The summed E-state index contributed by atoms with van der Waals surface area (Å²) in [5, 5.41) is 14.4. The van der Waals surface area contributed by atoms with Crippen LogP contribution in [-0.4, -0.2) is 132 Å². The van der Waals surface area contributed by atoms with E-state index in [0.29, 0.717) is 49.9 Å². The van der Waals surface area contributed by atoms with Gasteiger partial charge in [-0.25, -0.2) is 19.2 Å². The molecule has 3 rings (SSSR count). The fourth-order valence-corrected chi connectivity index (χ4v) is 10.0. The number of piperidine rings is 2. The molecule has 78 heavy (non-hydrogen) atoms. The van der Waals surface area contributed by atoms with Gasteiger partial charge in [0.2, 0.25) is 11.8 Å². The molecule has 2 aliphatic rings. The Kier molecular flexibility index (Phi) is 25.2. The standard InChI is InChI=1S/C58H96N6O14/c1-17-23-30-73-47(67)45(77-63-55(13,19-3)35-43(65)39(7)57(63,15)21-5)37-53(9,10)49(69)59-28-32-75-51(71)61-41-26-25-27-42(34-41)62-52(72)76-33-29-60-50(70)54(11,12)38-46(48(68)74-31-24-18-2)78-64-56(14,20-4)36-44(66)40(8)58(64,16)22-6/h25-27,34,39-40,45-46H,17-24,28-33,35-38H2,1-16H3,(H,59,69)(H,60,70)(H,61,71)(H,62,72)/t39?,40?,45-,46?,55?,56?,57?,58?/m1/s1. The molecule has 2 fully saturated rings. The number of ketones is 2. The van der Waals surface area contributed by atoms with Crippen molar-refractivity contribution in [3.8, 4) is 0 Å². The van der Waals surface area contributed by atoms with Crippen molar-refractivity contribution < 1.29 is 67.0 Å². The highest BCUT2D eigenvalue weighted by molar-refractivity contribution is 5.89. The van der Waals surface area contributed by atoms with Gasteiger partial charge in [0.15, 0.2) is 12.2 Å². The number of amides is 4. The van der Waals surface area contributed by atoms with Crippen molar-refractivity contribution in [2.24, 2.45) is 22.7 Å². The van der Waals surface area contributed by atoms with E-state index >= 15 is 0 Å². The first-order valence-electron chi connectivity index (χ1n) is 28.3. The van der Waals surface area contributed by atoms with E-state index in [4.69, 9.17) is 28.6 Å². The summed E-state index contributed by atoms with van der Waals surface area (Å²) in [6.07, 6.45) is 1.80. The van der Waals surface area contributed by atoms with E-state index in [9.17, 15) is 38.4 Å². The second-order valence-corrected chi connectivity index (χ2v) is 23.5. The third-order valence-electron chi connectivity index (χ3n) is 16.5. The number of hydroxylamine groups is 4. The highest BCUT2D eigenvalue weighted by atomic mass is 16.7. The van der Waals surface area contributed by atoms with E-state index in [1.165, 1.54) is 6.07 Å². The lowest BCUT2D eigenvalue weighted by molar-refractivity contribution is -0.316. The van der Waals surface area contributed by atoms with Gasteiger partial charge in [0.1, 0.15) is 24.8 Å². The van der Waals surface area contributed by atoms with Gasteiger partial charge in [-0.2, -0.15) is 10.1 Å². The molecule has 0 aliphatic carbocycles. The van der Waals surface area contributed by atoms with Crippen LogP contribution >= 0.6 is 0 Å². The molecule has 4 amide bonds. The van der Waals surface area contributed by atoms with E-state index in [2.05, 4.69) is 21.3 Å². The number of carbonyl (C=O) groups is 8. The van der Waals surface area contributed by atoms with Crippen molar-refractivity contribution in [1.29, 1.82) is 0 Å². The van der Waals surface area contributed by atoms with Gasteiger partial charge in [-0.1, -0.05) is 102 Å². The lowest BCUT2D eigenvalue weighted by Gasteiger charge is -2.56. The van der Waals surface area contributed by atoms with Gasteiger partial charge in [-0.15, -0.1) is 0 Å². The fraction of sp³-hybridized carbons (Fsp3) is 0.759. The number of anilines is 2. The van der Waals surface area contributed by atoms with Gasteiger partial charge < -0.3 is 29.6 Å². The van der Waals surface area contributed by atoms with Crippen molar-refractivity contribution >= 4 is 58.9 Å². The fourth-order valence-electron chi connectivity index (χ4n) is 10.0. The number of Topliss-reactive ketones (excluding diaryl/α,β-unsaturated/α-hetero) is 2. The molecular formula is C58H96N6O14. The number of nitrogens with zero attached hydrogens (tertiary/aromatic N) is 2. The summed E-state index contributed by atoms with van der Waals surface area (Å²) in [6.45, 7) is 30.2. The minimum atomic E-state index is -1.15. The maximum atomic E-state index is 13.7. The molecule has 2 saturated heterocycles. The van der Waals surface area contributed by atoms with Crippen LogP contribution < -0.4 is 21.3 Å². The first-order valence-corrected chi connectivity index (χ1v) is 28.3. The van der Waals surface area contributed by atoms with E-state index in [0.717, 1.165) is 12.8 Å². The Morgan fingerprint density at radius 1 is 0.577 bits per heavy atom.